The van der Waals surface area contributed by atoms with Gasteiger partial charge >= 0.3 is 0 Å². The minimum atomic E-state index is -0.293. The van der Waals surface area contributed by atoms with E-state index >= 15 is 0 Å². The van der Waals surface area contributed by atoms with Gasteiger partial charge in [0.15, 0.2) is 5.58 Å². The minimum absolute atomic E-state index is 0.293. The second-order valence-electron chi connectivity index (χ2n) is 8.28. The molecular weight excluding hydrogens is 393 g/mol. The first-order valence-corrected chi connectivity index (χ1v) is 10.8. The molecule has 2 aromatic heterocycles. The molecule has 0 unspecified atom stereocenters. The Bertz CT molecular complexity index is 1250. The Morgan fingerprint density at radius 3 is 2.77 bits per heavy atom. The first-order valence-electron chi connectivity index (χ1n) is 10.8. The van der Waals surface area contributed by atoms with Gasteiger partial charge in [-0.2, -0.15) is 10.4 Å². The van der Waals surface area contributed by atoms with E-state index in [2.05, 4.69) is 21.2 Å². The van der Waals surface area contributed by atoms with Crippen LogP contribution in [0.3, 0.4) is 0 Å². The number of nitrogens with zero attached hydrogens (tertiary/aromatic N) is 5. The third kappa shape index (κ3) is 4.04. The van der Waals surface area contributed by atoms with Crippen molar-refractivity contribution in [2.45, 2.75) is 38.1 Å². The predicted molar refractivity (Wildman–Crippen MR) is 116 cm³/mol. The lowest BCUT2D eigenvalue weighted by Gasteiger charge is -2.31. The molecule has 0 saturated carbocycles. The Kier molecular flexibility index (Phi) is 5.39. The van der Waals surface area contributed by atoms with Crippen LogP contribution in [0.1, 0.15) is 42.9 Å². The lowest BCUT2D eigenvalue weighted by molar-refractivity contribution is 0.205. The number of hydrogen-bond acceptors (Lipinski definition) is 5. The van der Waals surface area contributed by atoms with Gasteiger partial charge in [-0.1, -0.05) is 5.16 Å². The second-order valence-corrected chi connectivity index (χ2v) is 8.28. The Morgan fingerprint density at radius 2 is 1.94 bits per heavy atom. The minimum Gasteiger partial charge on any atom is -0.356 e. The number of halogens is 1. The number of aryl methyl sites for hydroxylation is 1. The van der Waals surface area contributed by atoms with Crippen molar-refractivity contribution < 1.29 is 8.91 Å². The fourth-order valence-electron chi connectivity index (χ4n) is 4.57. The van der Waals surface area contributed by atoms with E-state index in [1.807, 2.05) is 29.1 Å². The van der Waals surface area contributed by atoms with Gasteiger partial charge in [0.2, 0.25) is 0 Å². The van der Waals surface area contributed by atoms with Gasteiger partial charge < -0.3 is 9.42 Å². The van der Waals surface area contributed by atoms with E-state index in [1.54, 1.807) is 6.07 Å². The molecule has 1 aliphatic rings. The number of hydrogen-bond donors (Lipinski definition) is 0. The van der Waals surface area contributed by atoms with Gasteiger partial charge in [-0.25, -0.2) is 4.39 Å². The maximum Gasteiger partial charge on any atom is 0.170 e. The molecule has 0 bridgehead atoms. The summed E-state index contributed by atoms with van der Waals surface area (Å²) in [6.45, 7) is 4.00. The number of benzene rings is 2. The van der Waals surface area contributed by atoms with Crippen LogP contribution in [0.4, 0.5) is 4.39 Å². The number of nitriles is 1. The van der Waals surface area contributed by atoms with Crippen LogP contribution in [0.25, 0.3) is 21.9 Å². The molecule has 3 heterocycles. The van der Waals surface area contributed by atoms with Crippen molar-refractivity contribution in [1.82, 2.24) is 19.8 Å². The molecular formula is C24H24FN5O. The third-order valence-corrected chi connectivity index (χ3v) is 6.30. The first-order chi connectivity index (χ1) is 15.2. The molecule has 0 amide bonds. The fourth-order valence-corrected chi connectivity index (χ4v) is 4.57. The molecule has 0 aliphatic carbocycles. The molecule has 0 spiro atoms. The molecule has 1 aliphatic heterocycles. The van der Waals surface area contributed by atoms with Gasteiger partial charge in [0.05, 0.1) is 29.0 Å². The SMILES string of the molecule is N#Cc1ccc2cnn(CCCCN3CCC(c4noc5cc(F)ccc45)CC3)c2c1. The van der Waals surface area contributed by atoms with Crippen LogP contribution in [0.5, 0.6) is 0 Å². The van der Waals surface area contributed by atoms with Crippen molar-refractivity contribution in [2.24, 2.45) is 0 Å². The zero-order chi connectivity index (χ0) is 21.2. The Hall–Kier alpha value is -3.24. The number of aromatic nitrogens is 3. The number of unbranched alkanes of at least 4 members (excludes halogenated alkanes) is 1. The molecule has 7 heteroatoms. The van der Waals surface area contributed by atoms with E-state index in [1.165, 1.54) is 12.1 Å². The number of rotatable bonds is 6. The summed E-state index contributed by atoms with van der Waals surface area (Å²) in [4.78, 5) is 2.51. The monoisotopic (exact) mass is 417 g/mol. The Morgan fingerprint density at radius 1 is 1.10 bits per heavy atom. The van der Waals surface area contributed by atoms with Crippen LogP contribution in [-0.4, -0.2) is 39.5 Å². The zero-order valence-electron chi connectivity index (χ0n) is 17.3. The Labute approximate surface area is 179 Å². The highest BCUT2D eigenvalue weighted by molar-refractivity contribution is 5.80. The van der Waals surface area contributed by atoms with Crippen LogP contribution in [-0.2, 0) is 6.54 Å². The topological polar surface area (TPSA) is 70.9 Å². The van der Waals surface area contributed by atoms with Gasteiger partial charge in [-0.3, -0.25) is 4.68 Å². The van der Waals surface area contributed by atoms with Crippen LogP contribution in [0.15, 0.2) is 47.1 Å². The molecule has 4 aromatic rings. The number of fused-ring (bicyclic) bond motifs is 2. The lowest BCUT2D eigenvalue weighted by Crippen LogP contribution is -2.33. The molecule has 158 valence electrons. The summed E-state index contributed by atoms with van der Waals surface area (Å²) in [5.74, 6) is 0.0753. The summed E-state index contributed by atoms with van der Waals surface area (Å²) in [5, 5.41) is 19.8. The average Bonchev–Trinajstić information content (AvgIpc) is 3.40. The van der Waals surface area contributed by atoms with Crippen molar-refractivity contribution in [3.63, 3.8) is 0 Å². The van der Waals surface area contributed by atoms with E-state index in [4.69, 9.17) is 9.78 Å². The molecule has 31 heavy (non-hydrogen) atoms. The molecule has 0 radical (unpaired) electrons. The van der Waals surface area contributed by atoms with Gasteiger partial charge in [-0.05, 0) is 75.6 Å². The van der Waals surface area contributed by atoms with Gasteiger partial charge in [0.1, 0.15) is 5.82 Å². The highest BCUT2D eigenvalue weighted by Gasteiger charge is 2.24. The van der Waals surface area contributed by atoms with Crippen molar-refractivity contribution in [2.75, 3.05) is 19.6 Å². The van der Waals surface area contributed by atoms with Crippen LogP contribution in [0, 0.1) is 17.1 Å². The van der Waals surface area contributed by atoms with Crippen molar-refractivity contribution in [1.29, 1.82) is 5.26 Å². The molecule has 2 aromatic carbocycles. The van der Waals surface area contributed by atoms with E-state index in [9.17, 15) is 4.39 Å². The predicted octanol–water partition coefficient (Wildman–Crippen LogP) is 4.85. The normalized spacial score (nSPS) is 15.6. The van der Waals surface area contributed by atoms with Crippen LogP contribution >= 0.6 is 0 Å². The maximum absolute atomic E-state index is 13.4. The molecule has 0 atom stereocenters. The molecule has 1 fully saturated rings. The standard InChI is InChI=1S/C24H24FN5O/c25-20-5-6-21-23(14-20)31-28-24(21)18-7-11-29(12-8-18)9-1-2-10-30-22-13-17(15-26)3-4-19(22)16-27-30/h3-6,13-14,16,18H,1-2,7-12H2. The molecule has 1 saturated heterocycles. The van der Waals surface area contributed by atoms with E-state index in [0.717, 1.165) is 73.8 Å². The summed E-state index contributed by atoms with van der Waals surface area (Å²) in [7, 11) is 0. The molecule has 6 nitrogen and oxygen atoms in total. The highest BCUT2D eigenvalue weighted by atomic mass is 19.1. The highest BCUT2D eigenvalue weighted by Crippen LogP contribution is 2.32. The van der Waals surface area contributed by atoms with Crippen molar-refractivity contribution in [3.8, 4) is 6.07 Å². The van der Waals surface area contributed by atoms with Crippen LogP contribution < -0.4 is 0 Å². The zero-order valence-corrected chi connectivity index (χ0v) is 17.3. The molecule has 5 rings (SSSR count). The van der Waals surface area contributed by atoms with Gasteiger partial charge in [-0.15, -0.1) is 0 Å². The lowest BCUT2D eigenvalue weighted by atomic mass is 9.91. The third-order valence-electron chi connectivity index (χ3n) is 6.30. The van der Waals surface area contributed by atoms with E-state index < -0.39 is 0 Å². The van der Waals surface area contributed by atoms with E-state index in [-0.39, 0.29) is 5.82 Å². The second kappa shape index (κ2) is 8.48. The summed E-state index contributed by atoms with van der Waals surface area (Å²) >= 11 is 0. The summed E-state index contributed by atoms with van der Waals surface area (Å²) < 4.78 is 20.7. The van der Waals surface area contributed by atoms with Gasteiger partial charge in [0.25, 0.3) is 0 Å². The largest absolute Gasteiger partial charge is 0.356 e. The quantitative estimate of drug-likeness (QED) is 0.420. The summed E-state index contributed by atoms with van der Waals surface area (Å²) in [5.41, 5.74) is 3.20. The van der Waals surface area contributed by atoms with Crippen molar-refractivity contribution >= 4 is 21.9 Å². The first kappa shape index (κ1) is 19.7. The van der Waals surface area contributed by atoms with E-state index in [0.29, 0.717) is 17.1 Å². The van der Waals surface area contributed by atoms with Crippen LogP contribution in [0.2, 0.25) is 0 Å². The maximum atomic E-state index is 13.4. The number of piperidine rings is 1. The number of likely N-dealkylation sites (tertiary alicyclic amines) is 1. The smallest absolute Gasteiger partial charge is 0.170 e. The molecule has 0 N–H and O–H groups in total. The summed E-state index contributed by atoms with van der Waals surface area (Å²) in [6.07, 6.45) is 6.10. The average molecular weight is 417 g/mol. The van der Waals surface area contributed by atoms with Gasteiger partial charge in [0, 0.05) is 29.3 Å². The fraction of sp³-hybridized carbons (Fsp3) is 0.375. The van der Waals surface area contributed by atoms with Crippen molar-refractivity contribution in [3.05, 3.63) is 59.7 Å². The Balaban J connectivity index is 1.11. The summed E-state index contributed by atoms with van der Waals surface area (Å²) in [6, 6.07) is 12.6.